The number of carbonyl (C=O) groups excluding carboxylic acids is 1. The Morgan fingerprint density at radius 1 is 0.929 bits per heavy atom. The van der Waals surface area contributed by atoms with Crippen LogP contribution in [-0.2, 0) is 6.42 Å². The first kappa shape index (κ1) is 19.8. The number of aromatic amines is 1. The van der Waals surface area contributed by atoms with Gasteiger partial charge in [-0.3, -0.25) is 9.59 Å². The van der Waals surface area contributed by atoms with Crippen molar-refractivity contribution < 1.29 is 4.79 Å². The van der Waals surface area contributed by atoms with Crippen molar-refractivity contribution in [3.63, 3.8) is 0 Å². The van der Waals surface area contributed by atoms with Gasteiger partial charge < -0.3 is 4.98 Å². The van der Waals surface area contributed by atoms with E-state index in [2.05, 4.69) is 30.1 Å². The normalized spacial score (nSPS) is 12.0. The average molecular weight is 373 g/mol. The molecule has 0 saturated carbocycles. The zero-order valence-electron chi connectivity index (χ0n) is 17.0. The number of nitrogens with one attached hydrogen (secondary N) is 1. The number of aromatic nitrogens is 1. The molecule has 0 unspecified atom stereocenters. The molecule has 1 aromatic heterocycles. The second-order valence-corrected chi connectivity index (χ2v) is 7.57. The van der Waals surface area contributed by atoms with Crippen molar-refractivity contribution in [3.8, 4) is 0 Å². The van der Waals surface area contributed by atoms with Crippen molar-refractivity contribution in [3.05, 3.63) is 104 Å². The Hall–Kier alpha value is -2.94. The van der Waals surface area contributed by atoms with E-state index in [9.17, 15) is 9.59 Å². The monoisotopic (exact) mass is 373 g/mol. The first-order valence-corrected chi connectivity index (χ1v) is 9.75. The Morgan fingerprint density at radius 2 is 1.64 bits per heavy atom. The molecule has 1 N–H and O–H groups in total. The van der Waals surface area contributed by atoms with Gasteiger partial charge in [-0.25, -0.2) is 0 Å². The smallest absolute Gasteiger partial charge is 0.251 e. The lowest BCUT2D eigenvalue weighted by Crippen LogP contribution is -2.17. The lowest BCUT2D eigenvalue weighted by molar-refractivity contribution is 0.0982. The zero-order chi connectivity index (χ0) is 20.3. The van der Waals surface area contributed by atoms with Crippen LogP contribution in [-0.4, -0.2) is 10.8 Å². The van der Waals surface area contributed by atoms with E-state index in [0.29, 0.717) is 18.4 Å². The number of carbonyl (C=O) groups is 1. The molecule has 3 rings (SSSR count). The van der Waals surface area contributed by atoms with Crippen molar-refractivity contribution in [1.82, 2.24) is 4.98 Å². The van der Waals surface area contributed by atoms with Crippen molar-refractivity contribution in [2.75, 3.05) is 0 Å². The van der Waals surface area contributed by atoms with E-state index >= 15 is 0 Å². The maximum absolute atomic E-state index is 12.8. The molecule has 1 atom stereocenters. The molecule has 28 heavy (non-hydrogen) atoms. The minimum atomic E-state index is -0.0888. The van der Waals surface area contributed by atoms with E-state index in [1.807, 2.05) is 57.2 Å². The molecule has 0 aliphatic rings. The summed E-state index contributed by atoms with van der Waals surface area (Å²) in [6.45, 7) is 7.95. The van der Waals surface area contributed by atoms with Crippen molar-refractivity contribution in [2.24, 2.45) is 0 Å². The number of pyridine rings is 1. The fraction of sp³-hybridized carbons (Fsp3) is 0.280. The summed E-state index contributed by atoms with van der Waals surface area (Å²) in [5, 5.41) is 0. The maximum atomic E-state index is 12.8. The predicted molar refractivity (Wildman–Crippen MR) is 114 cm³/mol. The third kappa shape index (κ3) is 4.30. The molecule has 144 valence electrons. The van der Waals surface area contributed by atoms with Gasteiger partial charge in [-0.15, -0.1) is 0 Å². The molecule has 1 heterocycles. The minimum absolute atomic E-state index is 0.0794. The molecule has 0 radical (unpaired) electrons. The van der Waals surface area contributed by atoms with Crippen LogP contribution in [0.3, 0.4) is 0 Å². The summed E-state index contributed by atoms with van der Waals surface area (Å²) in [6.07, 6.45) is 0.795. The molecule has 0 amide bonds. The molecule has 0 aliphatic carbocycles. The highest BCUT2D eigenvalue weighted by molar-refractivity contribution is 5.97. The molecule has 0 bridgehead atoms. The Bertz CT molecular complexity index is 1050. The lowest BCUT2D eigenvalue weighted by atomic mass is 9.89. The van der Waals surface area contributed by atoms with Gasteiger partial charge in [0.1, 0.15) is 0 Å². The number of aryl methyl sites for hydroxylation is 3. The number of ketones is 1. The van der Waals surface area contributed by atoms with Gasteiger partial charge in [0.05, 0.1) is 0 Å². The Balaban J connectivity index is 1.75. The van der Waals surface area contributed by atoms with E-state index in [4.69, 9.17) is 0 Å². The van der Waals surface area contributed by atoms with Gasteiger partial charge in [0, 0.05) is 29.2 Å². The summed E-state index contributed by atoms with van der Waals surface area (Å²) in [5.74, 6) is 0.355. The average Bonchev–Trinajstić information content (AvgIpc) is 2.67. The van der Waals surface area contributed by atoms with Crippen molar-refractivity contribution in [1.29, 1.82) is 0 Å². The third-order valence-corrected chi connectivity index (χ3v) is 5.45. The van der Waals surface area contributed by atoms with Gasteiger partial charge in [0.15, 0.2) is 5.78 Å². The molecular weight excluding hydrogens is 346 g/mol. The SMILES string of the molecule is Cc1cc(C)c(CCC(=O)c2ccc([C@@H](C)c3ccccc3)cc2C)c(=O)[nH]1. The lowest BCUT2D eigenvalue weighted by Gasteiger charge is -2.15. The molecule has 0 saturated heterocycles. The molecule has 0 fully saturated rings. The van der Waals surface area contributed by atoms with E-state index < -0.39 is 0 Å². The molecule has 3 nitrogen and oxygen atoms in total. The van der Waals surface area contributed by atoms with Crippen molar-refractivity contribution >= 4 is 5.78 Å². The number of Topliss-reactive ketones (excluding diaryl/α,β-unsaturated/α-hetero) is 1. The van der Waals surface area contributed by atoms with Gasteiger partial charge in [-0.2, -0.15) is 0 Å². The molecule has 2 aromatic carbocycles. The fourth-order valence-corrected chi connectivity index (χ4v) is 3.77. The summed E-state index contributed by atoms with van der Waals surface area (Å²) < 4.78 is 0. The maximum Gasteiger partial charge on any atom is 0.251 e. The van der Waals surface area contributed by atoms with Crippen molar-refractivity contribution in [2.45, 2.75) is 46.5 Å². The Morgan fingerprint density at radius 3 is 2.29 bits per heavy atom. The summed E-state index contributed by atoms with van der Waals surface area (Å²) >= 11 is 0. The number of benzene rings is 2. The molecule has 3 aromatic rings. The molecule has 0 aliphatic heterocycles. The van der Waals surface area contributed by atoms with E-state index in [1.54, 1.807) is 0 Å². The minimum Gasteiger partial charge on any atom is -0.326 e. The highest BCUT2D eigenvalue weighted by Crippen LogP contribution is 2.26. The van der Waals surface area contributed by atoms with Gasteiger partial charge in [0.2, 0.25) is 0 Å². The Kier molecular flexibility index (Phi) is 5.93. The second-order valence-electron chi connectivity index (χ2n) is 7.57. The summed E-state index contributed by atoms with van der Waals surface area (Å²) in [4.78, 5) is 27.8. The van der Waals surface area contributed by atoms with Crippen LogP contribution >= 0.6 is 0 Å². The first-order valence-electron chi connectivity index (χ1n) is 9.75. The Labute approximate surface area is 166 Å². The predicted octanol–water partition coefficient (Wildman–Crippen LogP) is 5.27. The number of rotatable bonds is 6. The fourth-order valence-electron chi connectivity index (χ4n) is 3.77. The number of hydrogen-bond acceptors (Lipinski definition) is 2. The van der Waals surface area contributed by atoms with E-state index in [1.165, 1.54) is 11.1 Å². The largest absolute Gasteiger partial charge is 0.326 e. The van der Waals surface area contributed by atoms with Crippen LogP contribution in [0.1, 0.15) is 63.1 Å². The standard InChI is InChI=1S/C25H27NO2/c1-16-14-18(3)26-25(28)23(16)12-13-24(27)22-11-10-21(15-17(22)2)19(4)20-8-6-5-7-9-20/h5-11,14-15,19H,12-13H2,1-4H3,(H,26,28)/t19-/m0/s1. The molecule has 3 heteroatoms. The van der Waals surface area contributed by atoms with Crippen LogP contribution in [0.25, 0.3) is 0 Å². The van der Waals surface area contributed by atoms with Crippen LogP contribution in [0.5, 0.6) is 0 Å². The molecular formula is C25H27NO2. The van der Waals surface area contributed by atoms with E-state index in [-0.39, 0.29) is 17.3 Å². The van der Waals surface area contributed by atoms with E-state index in [0.717, 1.165) is 22.4 Å². The molecule has 0 spiro atoms. The number of hydrogen-bond donors (Lipinski definition) is 1. The quantitative estimate of drug-likeness (QED) is 0.599. The highest BCUT2D eigenvalue weighted by atomic mass is 16.1. The summed E-state index contributed by atoms with van der Waals surface area (Å²) in [5.41, 5.74) is 6.58. The first-order chi connectivity index (χ1) is 13.4. The summed E-state index contributed by atoms with van der Waals surface area (Å²) in [7, 11) is 0. The van der Waals surface area contributed by atoms with Crippen LogP contribution in [0.15, 0.2) is 59.4 Å². The van der Waals surface area contributed by atoms with Gasteiger partial charge in [0.25, 0.3) is 5.56 Å². The van der Waals surface area contributed by atoms with Gasteiger partial charge in [-0.1, -0.05) is 55.5 Å². The van der Waals surface area contributed by atoms with Crippen LogP contribution < -0.4 is 5.56 Å². The zero-order valence-corrected chi connectivity index (χ0v) is 17.0. The second kappa shape index (κ2) is 8.39. The van der Waals surface area contributed by atoms with Gasteiger partial charge in [-0.05, 0) is 55.5 Å². The summed E-state index contributed by atoms with van der Waals surface area (Å²) in [6, 6.07) is 18.4. The van der Waals surface area contributed by atoms with Crippen LogP contribution in [0.4, 0.5) is 0 Å². The van der Waals surface area contributed by atoms with Crippen LogP contribution in [0, 0.1) is 20.8 Å². The van der Waals surface area contributed by atoms with Crippen LogP contribution in [0.2, 0.25) is 0 Å². The van der Waals surface area contributed by atoms with Gasteiger partial charge >= 0.3 is 0 Å². The highest BCUT2D eigenvalue weighted by Gasteiger charge is 2.15. The number of H-pyrrole nitrogens is 1. The third-order valence-electron chi connectivity index (χ3n) is 5.45. The topological polar surface area (TPSA) is 49.9 Å².